The SMILES string of the molecule is C/[N+]([O-])=C/c1ccc(/C=[N+](/C)[O-])cc1. The van der Waals surface area contributed by atoms with Crippen LogP contribution in [0, 0.1) is 10.4 Å². The van der Waals surface area contributed by atoms with E-state index in [2.05, 4.69) is 0 Å². The number of hydrogen-bond acceptors (Lipinski definition) is 2. The van der Waals surface area contributed by atoms with Gasteiger partial charge in [-0.25, -0.2) is 9.48 Å². The second-order valence-electron chi connectivity index (χ2n) is 3.02. The first kappa shape index (κ1) is 10.2. The minimum Gasteiger partial charge on any atom is -0.624 e. The summed E-state index contributed by atoms with van der Waals surface area (Å²) >= 11 is 0. The predicted molar refractivity (Wildman–Crippen MR) is 55.9 cm³/mol. The maximum Gasteiger partial charge on any atom is 0.181 e. The third-order valence-electron chi connectivity index (χ3n) is 1.60. The summed E-state index contributed by atoms with van der Waals surface area (Å²) in [5.41, 5.74) is 1.63. The van der Waals surface area contributed by atoms with Crippen LogP contribution in [0.1, 0.15) is 11.1 Å². The molecule has 0 spiro atoms. The van der Waals surface area contributed by atoms with Crippen LogP contribution in [0.5, 0.6) is 0 Å². The molecule has 0 aliphatic heterocycles. The summed E-state index contributed by atoms with van der Waals surface area (Å²) in [6.45, 7) is 0. The first-order valence-electron chi connectivity index (χ1n) is 4.17. The molecule has 1 aromatic carbocycles. The zero-order valence-electron chi connectivity index (χ0n) is 8.18. The number of nitrogens with zero attached hydrogens (tertiary/aromatic N) is 2. The first-order chi connectivity index (χ1) is 6.58. The summed E-state index contributed by atoms with van der Waals surface area (Å²) in [4.78, 5) is 0. The number of hydrogen-bond donors (Lipinski definition) is 0. The van der Waals surface area contributed by atoms with Crippen molar-refractivity contribution in [2.24, 2.45) is 0 Å². The molecule has 0 radical (unpaired) electrons. The zero-order valence-corrected chi connectivity index (χ0v) is 8.18. The maximum absolute atomic E-state index is 10.7. The Morgan fingerprint density at radius 3 is 1.36 bits per heavy atom. The Balaban J connectivity index is 2.89. The minimum atomic E-state index is 0.735. The van der Waals surface area contributed by atoms with E-state index < -0.39 is 0 Å². The van der Waals surface area contributed by atoms with Gasteiger partial charge in [-0.05, 0) is 24.3 Å². The van der Waals surface area contributed by atoms with Crippen molar-refractivity contribution in [2.75, 3.05) is 14.1 Å². The van der Waals surface area contributed by atoms with Crippen LogP contribution >= 0.6 is 0 Å². The fourth-order valence-corrected chi connectivity index (χ4v) is 1.09. The molecule has 0 N–H and O–H groups in total. The van der Waals surface area contributed by atoms with Crippen LogP contribution in [-0.2, 0) is 0 Å². The van der Waals surface area contributed by atoms with Crippen LogP contribution < -0.4 is 0 Å². The lowest BCUT2D eigenvalue weighted by molar-refractivity contribution is -0.417. The molecule has 0 aromatic heterocycles. The van der Waals surface area contributed by atoms with E-state index in [9.17, 15) is 10.4 Å². The van der Waals surface area contributed by atoms with Crippen LogP contribution in [0.2, 0.25) is 0 Å². The molecule has 4 heteroatoms. The van der Waals surface area contributed by atoms with Crippen molar-refractivity contribution in [1.29, 1.82) is 0 Å². The van der Waals surface area contributed by atoms with Gasteiger partial charge in [-0.15, -0.1) is 0 Å². The van der Waals surface area contributed by atoms with E-state index in [1.54, 1.807) is 24.3 Å². The van der Waals surface area contributed by atoms with E-state index >= 15 is 0 Å². The normalized spacial score (nSPS) is 13.0. The van der Waals surface area contributed by atoms with Gasteiger partial charge in [0.15, 0.2) is 12.4 Å². The molecule has 4 nitrogen and oxygen atoms in total. The highest BCUT2D eigenvalue weighted by atomic mass is 16.5. The first-order valence-corrected chi connectivity index (χ1v) is 4.17. The Morgan fingerprint density at radius 2 is 1.14 bits per heavy atom. The lowest BCUT2D eigenvalue weighted by Crippen LogP contribution is -1.99. The molecule has 1 aromatic rings. The van der Waals surface area contributed by atoms with E-state index in [1.165, 1.54) is 26.5 Å². The van der Waals surface area contributed by atoms with Crippen LogP contribution in [0.25, 0.3) is 0 Å². The van der Waals surface area contributed by atoms with Gasteiger partial charge in [0.1, 0.15) is 14.1 Å². The summed E-state index contributed by atoms with van der Waals surface area (Å²) in [6.07, 6.45) is 2.93. The maximum atomic E-state index is 10.7. The van der Waals surface area contributed by atoms with Crippen molar-refractivity contribution in [1.82, 2.24) is 0 Å². The van der Waals surface area contributed by atoms with Gasteiger partial charge in [-0.1, -0.05) is 0 Å². The fourth-order valence-electron chi connectivity index (χ4n) is 1.09. The monoisotopic (exact) mass is 192 g/mol. The fraction of sp³-hybridized carbons (Fsp3) is 0.200. The highest BCUT2D eigenvalue weighted by molar-refractivity contribution is 5.80. The van der Waals surface area contributed by atoms with Gasteiger partial charge in [0.2, 0.25) is 0 Å². The average molecular weight is 192 g/mol. The second-order valence-corrected chi connectivity index (χ2v) is 3.02. The standard InChI is InChI=1S/C10H12N2O2/c1-11(13)7-9-3-5-10(6-4-9)8-12(2)14/h3-8H,1-2H3/b11-7-,12-8-. The van der Waals surface area contributed by atoms with E-state index in [-0.39, 0.29) is 0 Å². The molecule has 0 aliphatic rings. The molecular formula is C10H12N2O2. The van der Waals surface area contributed by atoms with Crippen molar-refractivity contribution in [3.63, 3.8) is 0 Å². The van der Waals surface area contributed by atoms with Gasteiger partial charge >= 0.3 is 0 Å². The summed E-state index contributed by atoms with van der Waals surface area (Å²) in [6, 6.07) is 7.13. The quantitative estimate of drug-likeness (QED) is 0.301. The highest BCUT2D eigenvalue weighted by Crippen LogP contribution is 1.99. The Hall–Kier alpha value is -1.84. The topological polar surface area (TPSA) is 52.1 Å². The lowest BCUT2D eigenvalue weighted by Gasteiger charge is -1.97. The van der Waals surface area contributed by atoms with Crippen molar-refractivity contribution >= 4 is 12.4 Å². The largest absolute Gasteiger partial charge is 0.624 e. The van der Waals surface area contributed by atoms with Gasteiger partial charge < -0.3 is 10.4 Å². The van der Waals surface area contributed by atoms with Crippen LogP contribution in [0.3, 0.4) is 0 Å². The third kappa shape index (κ3) is 3.26. The summed E-state index contributed by atoms with van der Waals surface area (Å²) in [5.74, 6) is 0. The zero-order chi connectivity index (χ0) is 10.6. The Kier molecular flexibility index (Phi) is 3.23. The number of rotatable bonds is 2. The third-order valence-corrected chi connectivity index (χ3v) is 1.60. The Bertz CT molecular complexity index is 321. The average Bonchev–Trinajstić information content (AvgIpc) is 2.06. The van der Waals surface area contributed by atoms with Crippen molar-refractivity contribution in [2.45, 2.75) is 0 Å². The summed E-state index contributed by atoms with van der Waals surface area (Å²) in [5, 5.41) is 21.3. The van der Waals surface area contributed by atoms with E-state index in [0.717, 1.165) is 20.6 Å². The molecule has 0 aliphatic carbocycles. The minimum absolute atomic E-state index is 0.735. The molecule has 0 atom stereocenters. The molecule has 0 heterocycles. The highest BCUT2D eigenvalue weighted by Gasteiger charge is 1.94. The lowest BCUT2D eigenvalue weighted by atomic mass is 10.2. The molecule has 0 unspecified atom stereocenters. The van der Waals surface area contributed by atoms with E-state index in [0.29, 0.717) is 0 Å². The Labute approximate surface area is 82.6 Å². The molecule has 0 amide bonds. The number of benzene rings is 1. The van der Waals surface area contributed by atoms with Gasteiger partial charge in [-0.2, -0.15) is 0 Å². The van der Waals surface area contributed by atoms with Crippen molar-refractivity contribution in [3.8, 4) is 0 Å². The second kappa shape index (κ2) is 4.41. The van der Waals surface area contributed by atoms with E-state index in [4.69, 9.17) is 0 Å². The molecule has 0 saturated carbocycles. The summed E-state index contributed by atoms with van der Waals surface area (Å²) < 4.78 is 1.47. The molecule has 74 valence electrons. The molecule has 0 fully saturated rings. The van der Waals surface area contributed by atoms with Gasteiger partial charge in [0.05, 0.1) is 0 Å². The molecule has 0 saturated heterocycles. The molecule has 1 rings (SSSR count). The van der Waals surface area contributed by atoms with Crippen LogP contribution in [0.4, 0.5) is 0 Å². The molecular weight excluding hydrogens is 180 g/mol. The smallest absolute Gasteiger partial charge is 0.181 e. The van der Waals surface area contributed by atoms with Crippen LogP contribution in [0.15, 0.2) is 24.3 Å². The predicted octanol–water partition coefficient (Wildman–Crippen LogP) is 0.805. The van der Waals surface area contributed by atoms with Gasteiger partial charge in [0, 0.05) is 11.1 Å². The van der Waals surface area contributed by atoms with Crippen molar-refractivity contribution in [3.05, 3.63) is 45.8 Å². The van der Waals surface area contributed by atoms with Gasteiger partial charge in [-0.3, -0.25) is 0 Å². The van der Waals surface area contributed by atoms with Crippen LogP contribution in [-0.4, -0.2) is 36.0 Å². The summed E-state index contributed by atoms with van der Waals surface area (Å²) in [7, 11) is 2.84. The number of hydroxylamine groups is 2. The van der Waals surface area contributed by atoms with E-state index in [1.807, 2.05) is 0 Å². The van der Waals surface area contributed by atoms with Crippen molar-refractivity contribution < 1.29 is 9.48 Å². The Morgan fingerprint density at radius 1 is 0.857 bits per heavy atom. The molecule has 14 heavy (non-hydrogen) atoms. The van der Waals surface area contributed by atoms with Gasteiger partial charge in [0.25, 0.3) is 0 Å². The molecule has 0 bridgehead atoms.